The van der Waals surface area contributed by atoms with Crippen LogP contribution in [0.5, 0.6) is 0 Å². The van der Waals surface area contributed by atoms with Crippen LogP contribution in [0.25, 0.3) is 11.1 Å². The smallest absolute Gasteiger partial charge is 0.130 e. The molecule has 0 atom stereocenters. The number of rotatable bonds is 3. The molecule has 0 saturated heterocycles. The predicted molar refractivity (Wildman–Crippen MR) is 93.5 cm³/mol. The molecular weight excluding hydrogens is 292 g/mol. The van der Waals surface area contributed by atoms with Gasteiger partial charge < -0.3 is 4.74 Å². The second-order valence-electron chi connectivity index (χ2n) is 5.38. The van der Waals surface area contributed by atoms with E-state index in [1.165, 1.54) is 11.1 Å². The average Bonchev–Trinajstić information content (AvgIpc) is 2.55. The summed E-state index contributed by atoms with van der Waals surface area (Å²) in [5.41, 5.74) is 5.75. The SMILES string of the molecule is COC1=C(c2cccc(Cl)c2)[CH]CC=C1c1ccc(C)cc1. The lowest BCUT2D eigenvalue weighted by Crippen LogP contribution is -2.03. The molecule has 0 fully saturated rings. The van der Waals surface area contributed by atoms with Crippen LogP contribution < -0.4 is 0 Å². The van der Waals surface area contributed by atoms with Crippen LogP contribution in [0.15, 0.2) is 60.4 Å². The molecule has 2 heteroatoms. The zero-order chi connectivity index (χ0) is 15.5. The fourth-order valence-electron chi connectivity index (χ4n) is 2.73. The largest absolute Gasteiger partial charge is 0.496 e. The highest BCUT2D eigenvalue weighted by molar-refractivity contribution is 6.30. The van der Waals surface area contributed by atoms with Crippen molar-refractivity contribution in [3.05, 3.63) is 88.5 Å². The maximum atomic E-state index is 6.13. The number of halogens is 1. The number of methoxy groups -OCH3 is 1. The van der Waals surface area contributed by atoms with Gasteiger partial charge in [0, 0.05) is 16.2 Å². The number of allylic oxidation sites excluding steroid dienone is 3. The third-order valence-electron chi connectivity index (χ3n) is 3.84. The van der Waals surface area contributed by atoms with Gasteiger partial charge in [-0.05, 0) is 43.0 Å². The summed E-state index contributed by atoms with van der Waals surface area (Å²) in [4.78, 5) is 0. The molecule has 1 radical (unpaired) electrons. The number of hydrogen-bond acceptors (Lipinski definition) is 1. The molecule has 0 heterocycles. The van der Waals surface area contributed by atoms with Crippen molar-refractivity contribution in [2.24, 2.45) is 0 Å². The summed E-state index contributed by atoms with van der Waals surface area (Å²) in [5, 5.41) is 0.736. The van der Waals surface area contributed by atoms with E-state index in [2.05, 4.69) is 49.8 Å². The molecule has 3 rings (SSSR count). The predicted octanol–water partition coefficient (Wildman–Crippen LogP) is 5.70. The molecule has 111 valence electrons. The highest BCUT2D eigenvalue weighted by Crippen LogP contribution is 2.37. The van der Waals surface area contributed by atoms with Crippen molar-refractivity contribution in [3.63, 3.8) is 0 Å². The number of ether oxygens (including phenoxy) is 1. The highest BCUT2D eigenvalue weighted by Gasteiger charge is 2.20. The van der Waals surface area contributed by atoms with Gasteiger partial charge in [0.15, 0.2) is 0 Å². The summed E-state index contributed by atoms with van der Waals surface area (Å²) in [6.07, 6.45) is 5.28. The van der Waals surface area contributed by atoms with Crippen LogP contribution in [-0.2, 0) is 4.74 Å². The van der Waals surface area contributed by atoms with E-state index in [-0.39, 0.29) is 0 Å². The minimum atomic E-state index is 0.736. The van der Waals surface area contributed by atoms with Crippen molar-refractivity contribution in [2.45, 2.75) is 13.3 Å². The molecule has 22 heavy (non-hydrogen) atoms. The monoisotopic (exact) mass is 309 g/mol. The maximum absolute atomic E-state index is 6.13. The quantitative estimate of drug-likeness (QED) is 0.707. The van der Waals surface area contributed by atoms with Crippen molar-refractivity contribution in [2.75, 3.05) is 7.11 Å². The van der Waals surface area contributed by atoms with Gasteiger partial charge in [-0.1, -0.05) is 59.6 Å². The lowest BCUT2D eigenvalue weighted by molar-refractivity contribution is 0.312. The van der Waals surface area contributed by atoms with Gasteiger partial charge in [0.2, 0.25) is 0 Å². The molecule has 0 saturated carbocycles. The second-order valence-corrected chi connectivity index (χ2v) is 5.82. The van der Waals surface area contributed by atoms with E-state index < -0.39 is 0 Å². The van der Waals surface area contributed by atoms with Gasteiger partial charge in [0.25, 0.3) is 0 Å². The third kappa shape index (κ3) is 2.95. The van der Waals surface area contributed by atoms with Gasteiger partial charge in [0.05, 0.1) is 7.11 Å². The molecular formula is C20H18ClO. The van der Waals surface area contributed by atoms with Crippen LogP contribution in [0.3, 0.4) is 0 Å². The number of benzene rings is 2. The number of hydrogen-bond donors (Lipinski definition) is 0. The van der Waals surface area contributed by atoms with Crippen LogP contribution in [0, 0.1) is 13.3 Å². The van der Waals surface area contributed by atoms with Crippen LogP contribution in [0.4, 0.5) is 0 Å². The van der Waals surface area contributed by atoms with E-state index in [9.17, 15) is 0 Å². The molecule has 0 aromatic heterocycles. The Hall–Kier alpha value is -1.99. The van der Waals surface area contributed by atoms with E-state index in [0.29, 0.717) is 0 Å². The van der Waals surface area contributed by atoms with Crippen molar-refractivity contribution in [1.29, 1.82) is 0 Å². The van der Waals surface area contributed by atoms with Crippen LogP contribution >= 0.6 is 11.6 Å². The molecule has 0 amide bonds. The van der Waals surface area contributed by atoms with Crippen LogP contribution in [0.1, 0.15) is 23.1 Å². The summed E-state index contributed by atoms with van der Waals surface area (Å²) in [6.45, 7) is 2.09. The standard InChI is InChI=1S/C20H18ClO/c1-14-9-11-15(12-10-14)18-7-4-8-19(20(18)22-2)16-5-3-6-17(21)13-16/h3,5-13H,4H2,1-2H3. The molecule has 1 aliphatic rings. The first-order chi connectivity index (χ1) is 10.7. The van der Waals surface area contributed by atoms with Gasteiger partial charge >= 0.3 is 0 Å². The van der Waals surface area contributed by atoms with Crippen LogP contribution in [-0.4, -0.2) is 7.11 Å². The molecule has 2 aromatic rings. The van der Waals surface area contributed by atoms with Gasteiger partial charge in [-0.2, -0.15) is 0 Å². The van der Waals surface area contributed by atoms with Crippen molar-refractivity contribution in [3.8, 4) is 0 Å². The van der Waals surface area contributed by atoms with Crippen LogP contribution in [0.2, 0.25) is 5.02 Å². The minimum absolute atomic E-state index is 0.736. The Morgan fingerprint density at radius 3 is 2.45 bits per heavy atom. The summed E-state index contributed by atoms with van der Waals surface area (Å²) in [6, 6.07) is 16.4. The molecule has 1 nitrogen and oxygen atoms in total. The van der Waals surface area contributed by atoms with Gasteiger partial charge in [0.1, 0.15) is 5.76 Å². The van der Waals surface area contributed by atoms with E-state index in [4.69, 9.17) is 16.3 Å². The highest BCUT2D eigenvalue weighted by atomic mass is 35.5. The Bertz CT molecular complexity index is 739. The summed E-state index contributed by atoms with van der Waals surface area (Å²) >= 11 is 6.13. The first-order valence-electron chi connectivity index (χ1n) is 7.34. The minimum Gasteiger partial charge on any atom is -0.496 e. The Morgan fingerprint density at radius 2 is 1.77 bits per heavy atom. The molecule has 0 spiro atoms. The molecule has 1 aliphatic carbocycles. The fraction of sp³-hybridized carbons (Fsp3) is 0.150. The molecule has 0 bridgehead atoms. The topological polar surface area (TPSA) is 9.23 Å². The lowest BCUT2D eigenvalue weighted by Gasteiger charge is -2.21. The van der Waals surface area contributed by atoms with Gasteiger partial charge in [-0.3, -0.25) is 0 Å². The summed E-state index contributed by atoms with van der Waals surface area (Å²) in [7, 11) is 1.72. The first kappa shape index (κ1) is 14.9. The Balaban J connectivity index is 2.08. The van der Waals surface area contributed by atoms with Gasteiger partial charge in [-0.25, -0.2) is 0 Å². The van der Waals surface area contributed by atoms with Crippen molar-refractivity contribution in [1.82, 2.24) is 0 Å². The molecule has 0 aliphatic heterocycles. The Kier molecular flexibility index (Phi) is 4.35. The Labute approximate surface area is 136 Å². The zero-order valence-corrected chi connectivity index (χ0v) is 13.5. The lowest BCUT2D eigenvalue weighted by atomic mass is 9.88. The number of aryl methyl sites for hydroxylation is 1. The summed E-state index contributed by atoms with van der Waals surface area (Å²) in [5.74, 6) is 0.900. The second kappa shape index (κ2) is 6.41. The van der Waals surface area contributed by atoms with E-state index in [1.807, 2.05) is 18.2 Å². The first-order valence-corrected chi connectivity index (χ1v) is 7.72. The normalized spacial score (nSPS) is 14.8. The fourth-order valence-corrected chi connectivity index (χ4v) is 2.92. The zero-order valence-electron chi connectivity index (χ0n) is 12.8. The maximum Gasteiger partial charge on any atom is 0.130 e. The van der Waals surface area contributed by atoms with E-state index >= 15 is 0 Å². The Morgan fingerprint density at radius 1 is 1.00 bits per heavy atom. The average molecular weight is 310 g/mol. The van der Waals surface area contributed by atoms with Crippen molar-refractivity contribution < 1.29 is 4.74 Å². The van der Waals surface area contributed by atoms with Gasteiger partial charge in [-0.15, -0.1) is 0 Å². The molecule has 0 N–H and O–H groups in total. The third-order valence-corrected chi connectivity index (χ3v) is 4.07. The van der Waals surface area contributed by atoms with Crippen molar-refractivity contribution >= 4 is 22.7 Å². The molecule has 2 aromatic carbocycles. The molecule has 0 unspecified atom stereocenters. The summed E-state index contributed by atoms with van der Waals surface area (Å²) < 4.78 is 5.73. The van der Waals surface area contributed by atoms with E-state index in [0.717, 1.165) is 33.9 Å². The van der Waals surface area contributed by atoms with E-state index in [1.54, 1.807) is 7.11 Å².